The molecule has 2 aliphatic heterocycles. The van der Waals surface area contributed by atoms with Crippen molar-refractivity contribution in [2.45, 2.75) is 25.4 Å². The number of anilines is 1. The number of benzene rings is 2. The van der Waals surface area contributed by atoms with Gasteiger partial charge in [-0.3, -0.25) is 14.3 Å². The van der Waals surface area contributed by atoms with Crippen LogP contribution < -0.4 is 4.90 Å². The first kappa shape index (κ1) is 13.1. The predicted molar refractivity (Wildman–Crippen MR) is 90.5 cm³/mol. The molecule has 5 rings (SSSR count). The number of carbonyl (C=O) groups is 1. The number of fused-ring (bicyclic) bond motifs is 8. The van der Waals surface area contributed by atoms with Gasteiger partial charge in [0.1, 0.15) is 11.5 Å². The van der Waals surface area contributed by atoms with Crippen LogP contribution >= 0.6 is 11.6 Å². The van der Waals surface area contributed by atoms with E-state index in [1.165, 1.54) is 0 Å². The largest absolute Gasteiger partial charge is 0.300 e. The van der Waals surface area contributed by atoms with Crippen LogP contribution in [0.25, 0.3) is 22.4 Å². The Labute approximate surface area is 138 Å². The second kappa shape index (κ2) is 4.15. The van der Waals surface area contributed by atoms with Crippen LogP contribution in [0.1, 0.15) is 19.8 Å². The van der Waals surface area contributed by atoms with E-state index >= 15 is 0 Å². The first-order valence-electron chi connectivity index (χ1n) is 7.70. The quantitative estimate of drug-likeness (QED) is 0.622. The van der Waals surface area contributed by atoms with Gasteiger partial charge in [0.15, 0.2) is 0 Å². The standard InChI is InChI=1S/C18H14ClN3O/c1-18-9-8-16(23)21(18)14-7-6-11(19)10-12(14)17-20-13-4-2-3-5-15(13)22(17)18/h2-7,10H,8-9H2,1H3. The van der Waals surface area contributed by atoms with E-state index in [1.807, 2.05) is 41.3 Å². The van der Waals surface area contributed by atoms with E-state index in [9.17, 15) is 4.79 Å². The molecule has 23 heavy (non-hydrogen) atoms. The average Bonchev–Trinajstić information content (AvgIpc) is 3.07. The third-order valence-corrected chi connectivity index (χ3v) is 5.26. The van der Waals surface area contributed by atoms with E-state index in [1.54, 1.807) is 0 Å². The summed E-state index contributed by atoms with van der Waals surface area (Å²) in [6, 6.07) is 13.7. The zero-order chi connectivity index (χ0) is 15.8. The third-order valence-electron chi connectivity index (χ3n) is 5.03. The number of para-hydroxylation sites is 2. The lowest BCUT2D eigenvalue weighted by Crippen LogP contribution is -2.48. The van der Waals surface area contributed by atoms with E-state index < -0.39 is 5.66 Å². The van der Waals surface area contributed by atoms with Gasteiger partial charge in [-0.15, -0.1) is 0 Å². The van der Waals surface area contributed by atoms with Gasteiger partial charge < -0.3 is 0 Å². The number of aromatic nitrogens is 2. The van der Waals surface area contributed by atoms with Crippen molar-refractivity contribution in [3.63, 3.8) is 0 Å². The number of hydrogen-bond acceptors (Lipinski definition) is 2. The first-order chi connectivity index (χ1) is 11.1. The van der Waals surface area contributed by atoms with Crippen molar-refractivity contribution in [1.29, 1.82) is 0 Å². The fraction of sp³-hybridized carbons (Fsp3) is 0.222. The number of nitrogens with zero attached hydrogens (tertiary/aromatic N) is 3. The van der Waals surface area contributed by atoms with Crippen LogP contribution in [0.2, 0.25) is 5.02 Å². The van der Waals surface area contributed by atoms with Crippen LogP contribution in [0.4, 0.5) is 5.69 Å². The third kappa shape index (κ3) is 1.51. The number of hydrogen-bond donors (Lipinski definition) is 0. The molecule has 114 valence electrons. The molecule has 3 heterocycles. The number of amides is 1. The Bertz CT molecular complexity index is 993. The molecule has 1 atom stereocenters. The van der Waals surface area contributed by atoms with Crippen molar-refractivity contribution in [3.05, 3.63) is 47.5 Å². The van der Waals surface area contributed by atoms with E-state index in [4.69, 9.17) is 16.6 Å². The molecule has 1 amide bonds. The maximum atomic E-state index is 12.6. The molecule has 0 aliphatic carbocycles. The van der Waals surface area contributed by atoms with Gasteiger partial charge in [0.25, 0.3) is 0 Å². The van der Waals surface area contributed by atoms with Gasteiger partial charge in [-0.1, -0.05) is 23.7 Å². The van der Waals surface area contributed by atoms with Crippen molar-refractivity contribution < 1.29 is 4.79 Å². The average molecular weight is 324 g/mol. The van der Waals surface area contributed by atoms with E-state index in [-0.39, 0.29) is 5.91 Å². The summed E-state index contributed by atoms with van der Waals surface area (Å²) in [7, 11) is 0. The number of carbonyl (C=O) groups excluding carboxylic acids is 1. The fourth-order valence-corrected chi connectivity index (χ4v) is 4.19. The van der Waals surface area contributed by atoms with Gasteiger partial charge in [0.05, 0.1) is 16.7 Å². The summed E-state index contributed by atoms with van der Waals surface area (Å²) in [6.07, 6.45) is 1.33. The topological polar surface area (TPSA) is 38.1 Å². The van der Waals surface area contributed by atoms with Crippen LogP contribution in [0, 0.1) is 0 Å². The maximum absolute atomic E-state index is 12.6. The molecule has 2 aromatic carbocycles. The zero-order valence-electron chi connectivity index (χ0n) is 12.6. The summed E-state index contributed by atoms with van der Waals surface area (Å²) >= 11 is 6.22. The summed E-state index contributed by atoms with van der Waals surface area (Å²) in [5.41, 5.74) is 3.40. The lowest BCUT2D eigenvalue weighted by Gasteiger charge is -2.42. The minimum absolute atomic E-state index is 0.152. The Morgan fingerprint density at radius 2 is 2.04 bits per heavy atom. The van der Waals surface area contributed by atoms with Crippen LogP contribution in [0.5, 0.6) is 0 Å². The zero-order valence-corrected chi connectivity index (χ0v) is 13.3. The SMILES string of the molecule is CC12CCC(=O)N1c1ccc(Cl)cc1-c1nc3ccccc3n12. The van der Waals surface area contributed by atoms with E-state index in [0.717, 1.165) is 34.5 Å². The number of imidazole rings is 1. The Morgan fingerprint density at radius 3 is 2.91 bits per heavy atom. The minimum atomic E-state index is -0.413. The lowest BCUT2D eigenvalue weighted by atomic mass is 10.0. The molecule has 0 spiro atoms. The van der Waals surface area contributed by atoms with Gasteiger partial charge >= 0.3 is 0 Å². The molecule has 0 radical (unpaired) electrons. The monoisotopic (exact) mass is 323 g/mol. The fourth-order valence-electron chi connectivity index (χ4n) is 4.02. The van der Waals surface area contributed by atoms with Crippen molar-refractivity contribution in [3.8, 4) is 11.4 Å². The number of rotatable bonds is 0. The van der Waals surface area contributed by atoms with Crippen LogP contribution in [0.3, 0.4) is 0 Å². The summed E-state index contributed by atoms with van der Waals surface area (Å²) in [6.45, 7) is 2.12. The molecule has 0 saturated carbocycles. The van der Waals surface area contributed by atoms with Crippen molar-refractivity contribution >= 4 is 34.2 Å². The molecule has 4 nitrogen and oxygen atoms in total. The minimum Gasteiger partial charge on any atom is -0.300 e. The molecule has 3 aromatic rings. The van der Waals surface area contributed by atoms with E-state index in [0.29, 0.717) is 11.4 Å². The highest BCUT2D eigenvalue weighted by Gasteiger charge is 2.49. The predicted octanol–water partition coefficient (Wildman–Crippen LogP) is 4.17. The van der Waals surface area contributed by atoms with Crippen LogP contribution in [0.15, 0.2) is 42.5 Å². The Hall–Kier alpha value is -2.33. The van der Waals surface area contributed by atoms with Gasteiger partial charge in [0.2, 0.25) is 5.91 Å². The summed E-state index contributed by atoms with van der Waals surface area (Å²) in [4.78, 5) is 19.3. The van der Waals surface area contributed by atoms with Crippen molar-refractivity contribution in [2.75, 3.05) is 4.90 Å². The molecule has 0 N–H and O–H groups in total. The molecule has 0 bridgehead atoms. The molecule has 1 fully saturated rings. The second-order valence-corrected chi connectivity index (χ2v) is 6.80. The van der Waals surface area contributed by atoms with Gasteiger partial charge in [-0.05, 0) is 43.7 Å². The highest BCUT2D eigenvalue weighted by molar-refractivity contribution is 6.31. The molecule has 5 heteroatoms. The summed E-state index contributed by atoms with van der Waals surface area (Å²) < 4.78 is 2.20. The van der Waals surface area contributed by atoms with Gasteiger partial charge in [-0.2, -0.15) is 0 Å². The molecular weight excluding hydrogens is 310 g/mol. The van der Waals surface area contributed by atoms with Gasteiger partial charge in [0, 0.05) is 17.0 Å². The van der Waals surface area contributed by atoms with Crippen LogP contribution in [-0.2, 0) is 10.5 Å². The molecule has 2 aliphatic rings. The molecular formula is C18H14ClN3O. The number of halogens is 1. The normalized spacial score (nSPS) is 22.2. The van der Waals surface area contributed by atoms with Gasteiger partial charge in [-0.25, -0.2) is 4.98 Å². The Balaban J connectivity index is 1.97. The maximum Gasteiger partial charge on any atom is 0.229 e. The molecule has 1 saturated heterocycles. The summed E-state index contributed by atoms with van der Waals surface area (Å²) in [5.74, 6) is 1.04. The Kier molecular flexibility index (Phi) is 2.37. The first-order valence-corrected chi connectivity index (χ1v) is 8.08. The summed E-state index contributed by atoms with van der Waals surface area (Å²) in [5, 5.41) is 0.651. The molecule has 1 unspecified atom stereocenters. The lowest BCUT2D eigenvalue weighted by molar-refractivity contribution is -0.117. The second-order valence-electron chi connectivity index (χ2n) is 6.37. The Morgan fingerprint density at radius 1 is 1.22 bits per heavy atom. The van der Waals surface area contributed by atoms with Crippen molar-refractivity contribution in [2.24, 2.45) is 0 Å². The van der Waals surface area contributed by atoms with Crippen molar-refractivity contribution in [1.82, 2.24) is 9.55 Å². The molecule has 1 aromatic heterocycles. The van der Waals surface area contributed by atoms with E-state index in [2.05, 4.69) is 17.6 Å². The smallest absolute Gasteiger partial charge is 0.229 e. The highest BCUT2D eigenvalue weighted by Crippen LogP contribution is 2.50. The van der Waals surface area contributed by atoms with Crippen LogP contribution in [-0.4, -0.2) is 15.5 Å². The highest BCUT2D eigenvalue weighted by atomic mass is 35.5.